The van der Waals surface area contributed by atoms with Gasteiger partial charge >= 0.3 is 0 Å². The van der Waals surface area contributed by atoms with Crippen LogP contribution in [-0.4, -0.2) is 38.8 Å². The SMILES string of the molecule is CC(CC(=O)NC(CN)C1CCCCC1)N=C1NS(=O)(=O)c2ccccc21.Cl. The zero-order valence-corrected chi connectivity index (χ0v) is 17.7. The van der Waals surface area contributed by atoms with Crippen LogP contribution in [0.2, 0.25) is 0 Å². The van der Waals surface area contributed by atoms with Crippen molar-refractivity contribution in [3.63, 3.8) is 0 Å². The van der Waals surface area contributed by atoms with Crippen LogP contribution in [0, 0.1) is 5.92 Å². The summed E-state index contributed by atoms with van der Waals surface area (Å²) in [4.78, 5) is 17.1. The van der Waals surface area contributed by atoms with Crippen LogP contribution in [0.5, 0.6) is 0 Å². The largest absolute Gasteiger partial charge is 0.352 e. The molecule has 0 aromatic heterocycles. The molecule has 4 N–H and O–H groups in total. The van der Waals surface area contributed by atoms with Crippen LogP contribution >= 0.6 is 12.4 Å². The number of nitrogens with one attached hydrogen (secondary N) is 2. The minimum Gasteiger partial charge on any atom is -0.352 e. The molecule has 1 aliphatic heterocycles. The van der Waals surface area contributed by atoms with Gasteiger partial charge in [-0.1, -0.05) is 31.4 Å². The lowest BCUT2D eigenvalue weighted by Gasteiger charge is -2.30. The van der Waals surface area contributed by atoms with E-state index in [1.807, 2.05) is 0 Å². The summed E-state index contributed by atoms with van der Waals surface area (Å²) in [6, 6.07) is 6.36. The third kappa shape index (κ3) is 5.24. The van der Waals surface area contributed by atoms with Crippen molar-refractivity contribution in [2.24, 2.45) is 16.6 Å². The summed E-state index contributed by atoms with van der Waals surface area (Å²) in [5, 5.41) is 3.06. The Labute approximate surface area is 173 Å². The van der Waals surface area contributed by atoms with Gasteiger partial charge in [-0.15, -0.1) is 12.4 Å². The van der Waals surface area contributed by atoms with Gasteiger partial charge in [-0.25, -0.2) is 8.42 Å². The van der Waals surface area contributed by atoms with E-state index < -0.39 is 10.0 Å². The monoisotopic (exact) mass is 428 g/mol. The van der Waals surface area contributed by atoms with Crippen LogP contribution in [-0.2, 0) is 14.8 Å². The van der Waals surface area contributed by atoms with E-state index in [4.69, 9.17) is 5.73 Å². The molecule has 156 valence electrons. The molecule has 1 fully saturated rings. The number of nitrogens with zero attached hydrogens (tertiary/aromatic N) is 1. The predicted octanol–water partition coefficient (Wildman–Crippen LogP) is 1.95. The van der Waals surface area contributed by atoms with Crippen molar-refractivity contribution in [3.8, 4) is 0 Å². The molecule has 2 aliphatic rings. The molecule has 28 heavy (non-hydrogen) atoms. The molecule has 2 atom stereocenters. The van der Waals surface area contributed by atoms with Crippen molar-refractivity contribution in [2.45, 2.75) is 62.4 Å². The molecular weight excluding hydrogens is 400 g/mol. The molecule has 1 amide bonds. The minimum atomic E-state index is -3.56. The predicted molar refractivity (Wildman–Crippen MR) is 112 cm³/mol. The van der Waals surface area contributed by atoms with Gasteiger partial charge in [0.15, 0.2) is 0 Å². The average Bonchev–Trinajstić information content (AvgIpc) is 2.91. The fraction of sp³-hybridized carbons (Fsp3) is 0.579. The average molecular weight is 429 g/mol. The quantitative estimate of drug-likeness (QED) is 0.642. The number of amidine groups is 1. The molecule has 1 saturated carbocycles. The zero-order chi connectivity index (χ0) is 19.4. The Kier molecular flexibility index (Phi) is 7.86. The van der Waals surface area contributed by atoms with Gasteiger partial charge < -0.3 is 11.1 Å². The van der Waals surface area contributed by atoms with E-state index in [1.54, 1.807) is 31.2 Å². The first kappa shape index (κ1) is 22.6. The van der Waals surface area contributed by atoms with Crippen molar-refractivity contribution in [2.75, 3.05) is 6.54 Å². The molecule has 1 heterocycles. The Hall–Kier alpha value is -1.64. The number of carbonyl (C=O) groups excluding carboxylic acids is 1. The second-order valence-electron chi connectivity index (χ2n) is 7.44. The lowest BCUT2D eigenvalue weighted by atomic mass is 9.84. The van der Waals surface area contributed by atoms with Crippen LogP contribution in [0.3, 0.4) is 0 Å². The molecule has 0 spiro atoms. The fourth-order valence-electron chi connectivity index (χ4n) is 3.94. The maximum absolute atomic E-state index is 12.4. The highest BCUT2D eigenvalue weighted by Crippen LogP contribution is 2.26. The van der Waals surface area contributed by atoms with Gasteiger partial charge in [0, 0.05) is 24.6 Å². The first-order valence-corrected chi connectivity index (χ1v) is 11.1. The van der Waals surface area contributed by atoms with Gasteiger partial charge in [-0.3, -0.25) is 14.5 Å². The Morgan fingerprint density at radius 1 is 1.29 bits per heavy atom. The molecule has 3 rings (SSSR count). The Bertz CT molecular complexity index is 822. The molecule has 1 aliphatic carbocycles. The summed E-state index contributed by atoms with van der Waals surface area (Å²) in [6.07, 6.45) is 6.06. The third-order valence-corrected chi connectivity index (χ3v) is 6.71. The number of aliphatic imine (C=N–C) groups is 1. The highest BCUT2D eigenvalue weighted by molar-refractivity contribution is 7.90. The van der Waals surface area contributed by atoms with Gasteiger partial charge in [0.2, 0.25) is 5.91 Å². The van der Waals surface area contributed by atoms with Crippen molar-refractivity contribution >= 4 is 34.2 Å². The maximum atomic E-state index is 12.4. The Morgan fingerprint density at radius 3 is 2.64 bits per heavy atom. The van der Waals surface area contributed by atoms with E-state index in [2.05, 4.69) is 15.0 Å². The number of halogens is 1. The number of hydrogen-bond acceptors (Lipinski definition) is 5. The number of sulfonamides is 1. The van der Waals surface area contributed by atoms with E-state index in [9.17, 15) is 13.2 Å². The molecule has 0 bridgehead atoms. The summed E-state index contributed by atoms with van der Waals surface area (Å²) in [7, 11) is -3.56. The van der Waals surface area contributed by atoms with Crippen molar-refractivity contribution in [1.82, 2.24) is 10.0 Å². The first-order valence-electron chi connectivity index (χ1n) is 9.60. The second kappa shape index (κ2) is 9.71. The van der Waals surface area contributed by atoms with E-state index in [-0.39, 0.29) is 41.7 Å². The summed E-state index contributed by atoms with van der Waals surface area (Å²) in [6.45, 7) is 2.24. The van der Waals surface area contributed by atoms with Crippen LogP contribution in [0.1, 0.15) is 51.0 Å². The lowest BCUT2D eigenvalue weighted by molar-refractivity contribution is -0.122. The molecule has 1 aromatic rings. The van der Waals surface area contributed by atoms with Crippen LogP contribution in [0.4, 0.5) is 0 Å². The summed E-state index contributed by atoms with van der Waals surface area (Å²) in [5.74, 6) is 0.651. The maximum Gasteiger partial charge on any atom is 0.263 e. The number of fused-ring (bicyclic) bond motifs is 1. The molecule has 7 nitrogen and oxygen atoms in total. The summed E-state index contributed by atoms with van der Waals surface area (Å²) in [5.41, 5.74) is 6.43. The van der Waals surface area contributed by atoms with Crippen molar-refractivity contribution in [3.05, 3.63) is 29.8 Å². The van der Waals surface area contributed by atoms with Gasteiger partial charge in [0.05, 0.1) is 10.9 Å². The van der Waals surface area contributed by atoms with Gasteiger partial charge in [-0.05, 0) is 37.8 Å². The van der Waals surface area contributed by atoms with Gasteiger partial charge in [0.25, 0.3) is 10.0 Å². The molecule has 1 aromatic carbocycles. The van der Waals surface area contributed by atoms with Gasteiger partial charge in [0.1, 0.15) is 5.84 Å². The van der Waals surface area contributed by atoms with Crippen molar-refractivity contribution in [1.29, 1.82) is 0 Å². The van der Waals surface area contributed by atoms with E-state index in [0.717, 1.165) is 12.8 Å². The fourth-order valence-corrected chi connectivity index (χ4v) is 5.17. The highest BCUT2D eigenvalue weighted by Gasteiger charge is 2.31. The molecular formula is C19H29ClN4O3S. The van der Waals surface area contributed by atoms with E-state index in [1.165, 1.54) is 19.3 Å². The van der Waals surface area contributed by atoms with Crippen molar-refractivity contribution < 1.29 is 13.2 Å². The topological polar surface area (TPSA) is 114 Å². The Morgan fingerprint density at radius 2 is 1.96 bits per heavy atom. The highest BCUT2D eigenvalue weighted by atomic mass is 35.5. The number of benzene rings is 1. The number of nitrogens with two attached hydrogens (primary N) is 1. The summed E-state index contributed by atoms with van der Waals surface area (Å²) >= 11 is 0. The number of amides is 1. The minimum absolute atomic E-state index is 0. The third-order valence-electron chi connectivity index (χ3n) is 5.31. The van der Waals surface area contributed by atoms with Crippen LogP contribution < -0.4 is 15.8 Å². The lowest BCUT2D eigenvalue weighted by Crippen LogP contribution is -2.46. The first-order chi connectivity index (χ1) is 12.9. The summed E-state index contributed by atoms with van der Waals surface area (Å²) < 4.78 is 26.8. The Balaban J connectivity index is 0.00000280. The van der Waals surface area contributed by atoms with E-state index >= 15 is 0 Å². The van der Waals surface area contributed by atoms with E-state index in [0.29, 0.717) is 23.9 Å². The zero-order valence-electron chi connectivity index (χ0n) is 16.1. The normalized spacial score (nSPS) is 21.9. The smallest absolute Gasteiger partial charge is 0.263 e. The number of rotatable bonds is 6. The molecule has 0 saturated heterocycles. The standard InChI is InChI=1S/C19H28N4O3S.ClH/c1-13(11-18(24)22-16(12-20)14-7-3-2-4-8-14)21-19-15-9-5-6-10-17(15)27(25,26)23-19;/h5-6,9-10,13-14,16H,2-4,7-8,11-12,20H2,1H3,(H,21,23)(H,22,24);1H. The van der Waals surface area contributed by atoms with Crippen LogP contribution in [0.25, 0.3) is 0 Å². The van der Waals surface area contributed by atoms with Crippen LogP contribution in [0.15, 0.2) is 34.2 Å². The molecule has 0 radical (unpaired) electrons. The van der Waals surface area contributed by atoms with Gasteiger partial charge in [-0.2, -0.15) is 0 Å². The number of carbonyl (C=O) groups is 1. The number of hydrogen-bond donors (Lipinski definition) is 3. The second-order valence-corrected chi connectivity index (χ2v) is 9.09. The molecule has 2 unspecified atom stereocenters. The molecule has 9 heteroatoms.